The predicted molar refractivity (Wildman–Crippen MR) is 68.7 cm³/mol. The summed E-state index contributed by atoms with van der Waals surface area (Å²) in [6.07, 6.45) is 1.37. The zero-order valence-corrected chi connectivity index (χ0v) is 11.5. The van der Waals surface area contributed by atoms with E-state index in [9.17, 15) is 19.2 Å². The summed E-state index contributed by atoms with van der Waals surface area (Å²) in [6, 6.07) is -0.725. The molecule has 4 amide bonds. The van der Waals surface area contributed by atoms with E-state index < -0.39 is 23.4 Å². The standard InChI is InChI=1S/C12H17N3O5/c1-12(2)10(19)14(3)6-7-15(12)11(20)13-8(16)4-5-9(17)18/h4-5H,6-7H2,1-3H3,(H,17,18)(H,13,16,20)/b5-4+. The Bertz CT molecular complexity index is 483. The molecule has 1 rings (SSSR count). The minimum atomic E-state index is -1.29. The van der Waals surface area contributed by atoms with Crippen molar-refractivity contribution in [1.82, 2.24) is 15.1 Å². The molecule has 0 bridgehead atoms. The number of hydrogen-bond acceptors (Lipinski definition) is 4. The summed E-state index contributed by atoms with van der Waals surface area (Å²) in [6.45, 7) is 3.83. The molecule has 0 saturated carbocycles. The number of imide groups is 1. The lowest BCUT2D eigenvalue weighted by atomic mass is 9.98. The molecule has 2 N–H and O–H groups in total. The SMILES string of the molecule is CN1CCN(C(=O)NC(=O)/C=C/C(=O)O)C(C)(C)C1=O. The van der Waals surface area contributed by atoms with Gasteiger partial charge in [-0.05, 0) is 13.8 Å². The highest BCUT2D eigenvalue weighted by Gasteiger charge is 2.43. The zero-order valence-electron chi connectivity index (χ0n) is 11.5. The van der Waals surface area contributed by atoms with Crippen LogP contribution in [-0.4, -0.2) is 64.4 Å². The van der Waals surface area contributed by atoms with Gasteiger partial charge in [-0.15, -0.1) is 0 Å². The van der Waals surface area contributed by atoms with E-state index in [1.807, 2.05) is 5.32 Å². The number of piperazine rings is 1. The van der Waals surface area contributed by atoms with Gasteiger partial charge in [-0.1, -0.05) is 0 Å². The highest BCUT2D eigenvalue weighted by molar-refractivity contribution is 6.04. The van der Waals surface area contributed by atoms with Crippen LogP contribution in [-0.2, 0) is 14.4 Å². The van der Waals surface area contributed by atoms with Gasteiger partial charge < -0.3 is 14.9 Å². The van der Waals surface area contributed by atoms with Crippen LogP contribution < -0.4 is 5.32 Å². The molecule has 110 valence electrons. The highest BCUT2D eigenvalue weighted by atomic mass is 16.4. The topological polar surface area (TPSA) is 107 Å². The Balaban J connectivity index is 2.75. The van der Waals surface area contributed by atoms with Gasteiger partial charge in [-0.3, -0.25) is 14.9 Å². The van der Waals surface area contributed by atoms with Gasteiger partial charge in [0.25, 0.3) is 5.91 Å². The molecule has 1 saturated heterocycles. The van der Waals surface area contributed by atoms with Crippen LogP contribution in [0.1, 0.15) is 13.8 Å². The van der Waals surface area contributed by atoms with Crippen molar-refractivity contribution in [2.75, 3.05) is 20.1 Å². The van der Waals surface area contributed by atoms with E-state index in [4.69, 9.17) is 5.11 Å². The Morgan fingerprint density at radius 2 is 1.85 bits per heavy atom. The summed E-state index contributed by atoms with van der Waals surface area (Å²) in [5, 5.41) is 10.4. The van der Waals surface area contributed by atoms with Gasteiger partial charge in [-0.25, -0.2) is 9.59 Å². The van der Waals surface area contributed by atoms with E-state index in [1.54, 1.807) is 20.9 Å². The van der Waals surface area contributed by atoms with Crippen LogP contribution in [0.3, 0.4) is 0 Å². The van der Waals surface area contributed by atoms with Gasteiger partial charge in [0.05, 0.1) is 0 Å². The van der Waals surface area contributed by atoms with Gasteiger partial charge in [0.15, 0.2) is 0 Å². The molecule has 1 heterocycles. The Morgan fingerprint density at radius 3 is 2.40 bits per heavy atom. The molecule has 0 aromatic carbocycles. The molecule has 0 aromatic heterocycles. The maximum Gasteiger partial charge on any atom is 0.328 e. The number of carbonyl (C=O) groups is 4. The number of carbonyl (C=O) groups excluding carboxylic acids is 3. The minimum Gasteiger partial charge on any atom is -0.478 e. The van der Waals surface area contributed by atoms with E-state index in [1.165, 1.54) is 9.80 Å². The van der Waals surface area contributed by atoms with Crippen molar-refractivity contribution in [3.63, 3.8) is 0 Å². The highest BCUT2D eigenvalue weighted by Crippen LogP contribution is 2.21. The van der Waals surface area contributed by atoms with Crippen molar-refractivity contribution in [1.29, 1.82) is 0 Å². The lowest BCUT2D eigenvalue weighted by Crippen LogP contribution is -2.65. The molecular formula is C12H17N3O5. The van der Waals surface area contributed by atoms with Crippen molar-refractivity contribution in [3.05, 3.63) is 12.2 Å². The number of carboxylic acid groups (broad SMARTS) is 1. The Labute approximate surface area is 116 Å². The Morgan fingerprint density at radius 1 is 1.25 bits per heavy atom. The van der Waals surface area contributed by atoms with E-state index >= 15 is 0 Å². The number of carboxylic acids is 1. The average molecular weight is 283 g/mol. The van der Waals surface area contributed by atoms with Gasteiger partial charge in [0.2, 0.25) is 5.91 Å². The van der Waals surface area contributed by atoms with Crippen LogP contribution >= 0.6 is 0 Å². The Hall–Kier alpha value is -2.38. The monoisotopic (exact) mass is 283 g/mol. The maximum absolute atomic E-state index is 12.0. The van der Waals surface area contributed by atoms with Crippen LogP contribution in [0.15, 0.2) is 12.2 Å². The number of urea groups is 1. The average Bonchev–Trinajstić information content (AvgIpc) is 2.33. The largest absolute Gasteiger partial charge is 0.478 e. The Kier molecular flexibility index (Phi) is 4.49. The van der Waals surface area contributed by atoms with Gasteiger partial charge in [-0.2, -0.15) is 0 Å². The molecular weight excluding hydrogens is 266 g/mol. The second-order valence-electron chi connectivity index (χ2n) is 4.90. The van der Waals surface area contributed by atoms with Crippen molar-refractivity contribution in [3.8, 4) is 0 Å². The molecule has 0 aliphatic carbocycles. The second-order valence-corrected chi connectivity index (χ2v) is 4.90. The number of rotatable bonds is 2. The fourth-order valence-corrected chi connectivity index (χ4v) is 1.93. The molecule has 1 aliphatic rings. The fourth-order valence-electron chi connectivity index (χ4n) is 1.93. The maximum atomic E-state index is 12.0. The normalized spacial score (nSPS) is 18.2. The minimum absolute atomic E-state index is 0.229. The van der Waals surface area contributed by atoms with Crippen molar-refractivity contribution in [2.45, 2.75) is 19.4 Å². The first-order valence-corrected chi connectivity index (χ1v) is 5.95. The number of nitrogens with one attached hydrogen (secondary N) is 1. The molecule has 0 spiro atoms. The smallest absolute Gasteiger partial charge is 0.328 e. The van der Waals surface area contributed by atoms with Crippen LogP contribution in [0.2, 0.25) is 0 Å². The van der Waals surface area contributed by atoms with Gasteiger partial charge in [0, 0.05) is 32.3 Å². The fraction of sp³-hybridized carbons (Fsp3) is 0.500. The molecule has 0 aromatic rings. The van der Waals surface area contributed by atoms with Crippen LogP contribution in [0.5, 0.6) is 0 Å². The second kappa shape index (κ2) is 5.72. The molecule has 8 heteroatoms. The molecule has 1 fully saturated rings. The van der Waals surface area contributed by atoms with E-state index in [0.29, 0.717) is 12.6 Å². The van der Waals surface area contributed by atoms with Gasteiger partial charge in [0.1, 0.15) is 5.54 Å². The van der Waals surface area contributed by atoms with Crippen LogP contribution in [0.4, 0.5) is 4.79 Å². The molecule has 0 atom stereocenters. The lowest BCUT2D eigenvalue weighted by Gasteiger charge is -2.44. The summed E-state index contributed by atoms with van der Waals surface area (Å²) in [5.74, 6) is -2.37. The first kappa shape index (κ1) is 15.7. The van der Waals surface area contributed by atoms with Crippen LogP contribution in [0.25, 0.3) is 0 Å². The summed E-state index contributed by atoms with van der Waals surface area (Å²) < 4.78 is 0. The third-order valence-corrected chi connectivity index (χ3v) is 3.06. The number of likely N-dealkylation sites (N-methyl/N-ethyl adjacent to an activating group) is 1. The van der Waals surface area contributed by atoms with Gasteiger partial charge >= 0.3 is 12.0 Å². The van der Waals surface area contributed by atoms with Crippen molar-refractivity contribution < 1.29 is 24.3 Å². The summed E-state index contributed by atoms with van der Waals surface area (Å²) in [5.41, 5.74) is -1.06. The van der Waals surface area contributed by atoms with E-state index in [0.717, 1.165) is 6.08 Å². The molecule has 8 nitrogen and oxygen atoms in total. The number of hydrogen-bond donors (Lipinski definition) is 2. The number of nitrogens with zero attached hydrogens (tertiary/aromatic N) is 2. The van der Waals surface area contributed by atoms with Crippen molar-refractivity contribution >= 4 is 23.8 Å². The predicted octanol–water partition coefficient (Wildman–Crippen LogP) is -0.584. The quantitative estimate of drug-likeness (QED) is 0.659. The van der Waals surface area contributed by atoms with Crippen LogP contribution in [0, 0.1) is 0 Å². The molecule has 1 aliphatic heterocycles. The first-order chi connectivity index (χ1) is 9.16. The summed E-state index contributed by atoms with van der Waals surface area (Å²) in [4.78, 5) is 48.3. The zero-order chi connectivity index (χ0) is 15.5. The van der Waals surface area contributed by atoms with E-state index in [2.05, 4.69) is 0 Å². The number of amides is 4. The third-order valence-electron chi connectivity index (χ3n) is 3.06. The first-order valence-electron chi connectivity index (χ1n) is 5.95. The lowest BCUT2D eigenvalue weighted by molar-refractivity contribution is -0.144. The van der Waals surface area contributed by atoms with E-state index in [-0.39, 0.29) is 12.5 Å². The summed E-state index contributed by atoms with van der Waals surface area (Å²) in [7, 11) is 1.64. The molecule has 0 unspecified atom stereocenters. The third kappa shape index (κ3) is 3.34. The molecule has 20 heavy (non-hydrogen) atoms. The van der Waals surface area contributed by atoms with Crippen molar-refractivity contribution in [2.24, 2.45) is 0 Å². The number of aliphatic carboxylic acids is 1. The summed E-state index contributed by atoms with van der Waals surface area (Å²) >= 11 is 0. The molecule has 0 radical (unpaired) electrons.